The fourth-order valence-electron chi connectivity index (χ4n) is 0. The standard InChI is InChI=1S/Al.La.Mn.O.H. The molecule has 0 aliphatic heterocycles. The molecule has 0 fully saturated rings. The molecule has 0 unspecified atom stereocenters. The van der Waals surface area contributed by atoms with Gasteiger partial charge in [0, 0.05) is 52.7 Å². The number of hydrogen-bond acceptors (Lipinski definition) is 1. The van der Waals surface area contributed by atoms with E-state index in [-0.39, 0.29) is 52.7 Å². The van der Waals surface area contributed by atoms with Crippen LogP contribution in [0.1, 0.15) is 0 Å². The second-order valence-corrected chi connectivity index (χ2v) is 0. The Kier molecular flexibility index (Phi) is 81.8. The maximum atomic E-state index is 8.28. The van der Waals surface area contributed by atoms with E-state index in [9.17, 15) is 0 Å². The van der Waals surface area contributed by atoms with E-state index in [1.165, 1.54) is 0 Å². The Morgan fingerprint density at radius 2 is 1.25 bits per heavy atom. The summed E-state index contributed by atoms with van der Waals surface area (Å²) in [6, 6.07) is 0. The quantitative estimate of drug-likeness (QED) is 0.506. The number of hydrogen-bond donors (Lipinski definition) is 0. The summed E-state index contributed by atoms with van der Waals surface area (Å²) in [5.74, 6) is 0. The van der Waals surface area contributed by atoms with Gasteiger partial charge < -0.3 is 0 Å². The third-order valence-corrected chi connectivity index (χ3v) is 0. The second-order valence-electron chi connectivity index (χ2n) is 0. The third kappa shape index (κ3) is 8.97. The molecule has 1 nitrogen and oxygen atoms in total. The van der Waals surface area contributed by atoms with E-state index >= 15 is 0 Å². The molecule has 0 aliphatic carbocycles. The van der Waals surface area contributed by atoms with Crippen molar-refractivity contribution in [3.05, 3.63) is 0 Å². The summed E-state index contributed by atoms with van der Waals surface area (Å²) < 4.78 is 8.28. The zero-order valence-corrected chi connectivity index (χ0v) is 8.29. The monoisotopic (exact) mass is 238 g/mol. The fraction of sp³-hybridized carbons (Fsp3) is 0. The molecule has 0 N–H and O–H groups in total. The van der Waals surface area contributed by atoms with E-state index < -0.39 is 0 Å². The Morgan fingerprint density at radius 3 is 1.25 bits per heavy atom. The van der Waals surface area contributed by atoms with Crippen molar-refractivity contribution in [2.75, 3.05) is 0 Å². The van der Waals surface area contributed by atoms with Crippen LogP contribution in [-0.4, -0.2) is 16.2 Å². The first-order valence-corrected chi connectivity index (χ1v) is 0.866. The Hall–Kier alpha value is 2.05. The molecule has 0 atom stereocenters. The molecular formula is HAlLaMnO. The van der Waals surface area contributed by atoms with Crippen LogP contribution >= 0.6 is 0 Å². The van der Waals surface area contributed by atoms with Gasteiger partial charge in [-0.3, -0.25) is 0 Å². The van der Waals surface area contributed by atoms with Gasteiger partial charge in [0.2, 0.25) is 0 Å². The predicted molar refractivity (Wildman–Crippen MR) is 7.84 cm³/mol. The minimum atomic E-state index is 0. The summed E-state index contributed by atoms with van der Waals surface area (Å²) in [6.07, 6.45) is 0. The van der Waals surface area contributed by atoms with Crippen molar-refractivity contribution in [1.82, 2.24) is 0 Å². The Labute approximate surface area is 71.6 Å². The number of rotatable bonds is 0. The second kappa shape index (κ2) is 19.7. The summed E-state index contributed by atoms with van der Waals surface area (Å²) in [5, 5.41) is 0. The molecule has 0 spiro atoms. The van der Waals surface area contributed by atoms with E-state index in [1.54, 1.807) is 0 Å². The van der Waals surface area contributed by atoms with E-state index in [0.717, 1.165) is 0 Å². The zero-order valence-electron chi connectivity index (χ0n) is 2.07. The molecule has 2 radical (unpaired) electrons. The van der Waals surface area contributed by atoms with Gasteiger partial charge >= 0.3 is 20.0 Å². The van der Waals surface area contributed by atoms with Crippen molar-refractivity contribution in [2.24, 2.45) is 0 Å². The topological polar surface area (TPSA) is 17.1 Å². The SMILES string of the molecule is [La].[Mn].[O]=[AlH]. The van der Waals surface area contributed by atoms with Gasteiger partial charge in [-0.05, 0) is 0 Å². The first kappa shape index (κ1) is 16.6. The molecule has 0 aromatic rings. The van der Waals surface area contributed by atoms with Crippen LogP contribution in [0, 0.1) is 35.6 Å². The molecule has 0 rings (SSSR count). The minimum absolute atomic E-state index is 0. The molecule has 0 saturated carbocycles. The summed E-state index contributed by atoms with van der Waals surface area (Å²) in [6.45, 7) is 0. The molecule has 0 aliphatic rings. The van der Waals surface area contributed by atoms with E-state index in [4.69, 9.17) is 3.80 Å². The van der Waals surface area contributed by atoms with Crippen LogP contribution in [0.4, 0.5) is 0 Å². The maximum absolute atomic E-state index is 8.28. The molecule has 0 amide bonds. The van der Waals surface area contributed by atoms with Crippen LogP contribution in [-0.2, 0) is 20.9 Å². The van der Waals surface area contributed by atoms with Gasteiger partial charge in [0.1, 0.15) is 0 Å². The first-order chi connectivity index (χ1) is 1.00. The molecule has 20 valence electrons. The Bertz CT molecular complexity index is 8.00. The molecule has 4 heavy (non-hydrogen) atoms. The van der Waals surface area contributed by atoms with E-state index in [1.807, 2.05) is 0 Å². The molecule has 0 heterocycles. The summed E-state index contributed by atoms with van der Waals surface area (Å²) in [4.78, 5) is 0. The Balaban J connectivity index is -0.00000000500. The summed E-state index contributed by atoms with van der Waals surface area (Å²) in [7, 11) is 0. The van der Waals surface area contributed by atoms with Crippen LogP contribution in [0.2, 0.25) is 0 Å². The average molecular weight is 238 g/mol. The van der Waals surface area contributed by atoms with E-state index in [2.05, 4.69) is 0 Å². The molecule has 0 bridgehead atoms. The van der Waals surface area contributed by atoms with Gasteiger partial charge in [-0.25, -0.2) is 0 Å². The van der Waals surface area contributed by atoms with Gasteiger partial charge in [-0.1, -0.05) is 0 Å². The van der Waals surface area contributed by atoms with Gasteiger partial charge in [0.25, 0.3) is 0 Å². The fourth-order valence-corrected chi connectivity index (χ4v) is 0. The van der Waals surface area contributed by atoms with E-state index in [0.29, 0.717) is 16.2 Å². The van der Waals surface area contributed by atoms with Gasteiger partial charge in [-0.2, -0.15) is 0 Å². The van der Waals surface area contributed by atoms with Crippen molar-refractivity contribution in [3.63, 3.8) is 0 Å². The molecule has 0 saturated heterocycles. The third-order valence-electron chi connectivity index (χ3n) is 0. The molecule has 0 aromatic carbocycles. The molecule has 0 aromatic heterocycles. The van der Waals surface area contributed by atoms with Crippen molar-refractivity contribution in [1.29, 1.82) is 0 Å². The van der Waals surface area contributed by atoms with Gasteiger partial charge in [0.15, 0.2) is 0 Å². The van der Waals surface area contributed by atoms with Crippen LogP contribution in [0.3, 0.4) is 0 Å². The van der Waals surface area contributed by atoms with Crippen molar-refractivity contribution in [3.8, 4) is 0 Å². The van der Waals surface area contributed by atoms with Crippen LogP contribution in [0.5, 0.6) is 0 Å². The summed E-state index contributed by atoms with van der Waals surface area (Å²) >= 11 is 0.611. The van der Waals surface area contributed by atoms with Crippen molar-refractivity contribution in [2.45, 2.75) is 0 Å². The zero-order chi connectivity index (χ0) is 2.00. The predicted octanol–water partition coefficient (Wildman–Crippen LogP) is -0.770. The molecular weight excluding hydrogens is 237 g/mol. The average Bonchev–Trinajstić information content (AvgIpc) is 1.00. The first-order valence-electron chi connectivity index (χ1n) is 0.289. The summed E-state index contributed by atoms with van der Waals surface area (Å²) in [5.41, 5.74) is 0. The molecule has 4 heteroatoms. The van der Waals surface area contributed by atoms with Crippen molar-refractivity contribution >= 4 is 16.2 Å². The van der Waals surface area contributed by atoms with Gasteiger partial charge in [0.05, 0.1) is 0 Å². The van der Waals surface area contributed by atoms with Gasteiger partial charge in [-0.15, -0.1) is 0 Å². The van der Waals surface area contributed by atoms with Crippen LogP contribution in [0.25, 0.3) is 0 Å². The van der Waals surface area contributed by atoms with Crippen LogP contribution < -0.4 is 0 Å². The Morgan fingerprint density at radius 1 is 1.25 bits per heavy atom. The van der Waals surface area contributed by atoms with Crippen molar-refractivity contribution < 1.29 is 56.5 Å². The van der Waals surface area contributed by atoms with Crippen LogP contribution in [0.15, 0.2) is 0 Å². The normalized spacial score (nSPS) is 0.750.